The van der Waals surface area contributed by atoms with Crippen molar-refractivity contribution in [1.29, 1.82) is 0 Å². The molecule has 5 heteroatoms. The van der Waals surface area contributed by atoms with E-state index in [1.807, 2.05) is 31.2 Å². The number of rotatable bonds is 5. The first-order valence-electron chi connectivity index (χ1n) is 5.55. The van der Waals surface area contributed by atoms with Gasteiger partial charge in [0, 0.05) is 6.42 Å². The van der Waals surface area contributed by atoms with Crippen molar-refractivity contribution in [3.05, 3.63) is 36.6 Å². The third-order valence-electron chi connectivity index (χ3n) is 2.47. The van der Waals surface area contributed by atoms with Crippen molar-refractivity contribution < 1.29 is 9.94 Å². The molecule has 1 aromatic heterocycles. The fraction of sp³-hybridized carbons (Fsp3) is 0.333. The number of hydrogen-bond donors (Lipinski definition) is 1. The fourth-order valence-electron chi connectivity index (χ4n) is 1.48. The molecule has 0 radical (unpaired) electrons. The Kier molecular flexibility index (Phi) is 3.39. The molecule has 1 unspecified atom stereocenters. The van der Waals surface area contributed by atoms with Gasteiger partial charge in [-0.15, -0.1) is 5.10 Å². The van der Waals surface area contributed by atoms with Gasteiger partial charge in [0.1, 0.15) is 16.8 Å². The van der Waals surface area contributed by atoms with Crippen LogP contribution in [0.25, 0.3) is 11.0 Å². The SMILES string of the molecule is C=C(CC(O)CC)On1nnc2ccccc21. The summed E-state index contributed by atoms with van der Waals surface area (Å²) < 4.78 is 0. The number of nitrogens with zero attached hydrogens (tertiary/aromatic N) is 3. The highest BCUT2D eigenvalue weighted by Crippen LogP contribution is 2.11. The maximum atomic E-state index is 9.48. The van der Waals surface area contributed by atoms with Crippen molar-refractivity contribution in [2.75, 3.05) is 0 Å². The van der Waals surface area contributed by atoms with Crippen molar-refractivity contribution >= 4 is 11.0 Å². The summed E-state index contributed by atoms with van der Waals surface area (Å²) in [6.45, 7) is 5.66. The van der Waals surface area contributed by atoms with E-state index in [9.17, 15) is 5.11 Å². The Labute approximate surface area is 99.3 Å². The highest BCUT2D eigenvalue weighted by molar-refractivity contribution is 5.73. The lowest BCUT2D eigenvalue weighted by Crippen LogP contribution is -2.16. The molecule has 0 amide bonds. The summed E-state index contributed by atoms with van der Waals surface area (Å²) in [6.07, 6.45) is 0.628. The van der Waals surface area contributed by atoms with Gasteiger partial charge in [0.15, 0.2) is 0 Å². The Morgan fingerprint density at radius 1 is 1.53 bits per heavy atom. The summed E-state index contributed by atoms with van der Waals surface area (Å²) in [6, 6.07) is 7.48. The first kappa shape index (κ1) is 11.6. The molecule has 0 spiro atoms. The lowest BCUT2D eigenvalue weighted by atomic mass is 10.2. The lowest BCUT2D eigenvalue weighted by Gasteiger charge is -2.10. The average Bonchev–Trinajstić information content (AvgIpc) is 2.72. The van der Waals surface area contributed by atoms with E-state index in [-0.39, 0.29) is 0 Å². The van der Waals surface area contributed by atoms with E-state index in [1.54, 1.807) is 0 Å². The number of fused-ring (bicyclic) bond motifs is 1. The van der Waals surface area contributed by atoms with E-state index < -0.39 is 6.10 Å². The Morgan fingerprint density at radius 2 is 2.29 bits per heavy atom. The van der Waals surface area contributed by atoms with Gasteiger partial charge in [0.25, 0.3) is 0 Å². The molecule has 0 fully saturated rings. The first-order valence-corrected chi connectivity index (χ1v) is 5.55. The Morgan fingerprint density at radius 3 is 3.06 bits per heavy atom. The van der Waals surface area contributed by atoms with Crippen molar-refractivity contribution in [2.45, 2.75) is 25.9 Å². The second-order valence-corrected chi connectivity index (χ2v) is 3.85. The Bertz CT molecular complexity index is 521. The number of aromatic nitrogens is 3. The monoisotopic (exact) mass is 233 g/mol. The highest BCUT2D eigenvalue weighted by atomic mass is 16.7. The van der Waals surface area contributed by atoms with Crippen molar-refractivity contribution in [3.8, 4) is 0 Å². The van der Waals surface area contributed by atoms with E-state index in [2.05, 4.69) is 16.9 Å². The summed E-state index contributed by atoms with van der Waals surface area (Å²) in [4.78, 5) is 6.75. The van der Waals surface area contributed by atoms with Gasteiger partial charge in [-0.3, -0.25) is 0 Å². The molecule has 0 aliphatic carbocycles. The van der Waals surface area contributed by atoms with Gasteiger partial charge in [-0.1, -0.05) is 30.5 Å². The predicted molar refractivity (Wildman–Crippen MR) is 64.2 cm³/mol. The molecule has 2 rings (SSSR count). The van der Waals surface area contributed by atoms with Crippen LogP contribution in [-0.2, 0) is 0 Å². The number of aliphatic hydroxyl groups excluding tert-OH is 1. The second kappa shape index (κ2) is 4.97. The number of hydrogen-bond acceptors (Lipinski definition) is 4. The second-order valence-electron chi connectivity index (χ2n) is 3.85. The third-order valence-corrected chi connectivity index (χ3v) is 2.47. The molecule has 1 heterocycles. The highest BCUT2D eigenvalue weighted by Gasteiger charge is 2.09. The zero-order valence-corrected chi connectivity index (χ0v) is 9.71. The molecule has 1 aromatic carbocycles. The molecule has 0 aliphatic heterocycles. The van der Waals surface area contributed by atoms with E-state index in [0.717, 1.165) is 11.0 Å². The zero-order chi connectivity index (χ0) is 12.3. The maximum absolute atomic E-state index is 9.48. The topological polar surface area (TPSA) is 60.2 Å². The van der Waals surface area contributed by atoms with Crippen molar-refractivity contribution in [3.63, 3.8) is 0 Å². The normalized spacial score (nSPS) is 12.6. The summed E-state index contributed by atoms with van der Waals surface area (Å²) in [7, 11) is 0. The zero-order valence-electron chi connectivity index (χ0n) is 9.71. The molecule has 17 heavy (non-hydrogen) atoms. The molecule has 90 valence electrons. The van der Waals surface area contributed by atoms with Gasteiger partial charge >= 0.3 is 0 Å². The summed E-state index contributed by atoms with van der Waals surface area (Å²) >= 11 is 0. The van der Waals surface area contributed by atoms with Crippen LogP contribution in [0.4, 0.5) is 0 Å². The van der Waals surface area contributed by atoms with Gasteiger partial charge in [-0.25, -0.2) is 0 Å². The molecular formula is C12H15N3O2. The van der Waals surface area contributed by atoms with Gasteiger partial charge in [0.2, 0.25) is 0 Å². The maximum Gasteiger partial charge on any atom is 0.131 e. The summed E-state index contributed by atoms with van der Waals surface area (Å²) in [5.74, 6) is 0.468. The Hall–Kier alpha value is -1.88. The number of para-hydroxylation sites is 1. The minimum Gasteiger partial charge on any atom is -0.393 e. The lowest BCUT2D eigenvalue weighted by molar-refractivity contribution is 0.105. The minimum atomic E-state index is -0.433. The van der Waals surface area contributed by atoms with Crippen molar-refractivity contribution in [2.24, 2.45) is 0 Å². The molecule has 0 saturated carbocycles. The van der Waals surface area contributed by atoms with Gasteiger partial charge in [-0.2, -0.15) is 0 Å². The first-order chi connectivity index (χ1) is 8.20. The van der Waals surface area contributed by atoms with Crippen LogP contribution < -0.4 is 4.84 Å². The molecule has 0 aliphatic rings. The van der Waals surface area contributed by atoms with Crippen LogP contribution in [0.15, 0.2) is 36.6 Å². The molecule has 0 bridgehead atoms. The van der Waals surface area contributed by atoms with Crippen LogP contribution in [0.1, 0.15) is 19.8 Å². The van der Waals surface area contributed by atoms with Crippen LogP contribution in [0.5, 0.6) is 0 Å². The van der Waals surface area contributed by atoms with Crippen LogP contribution >= 0.6 is 0 Å². The number of aliphatic hydroxyl groups is 1. The van der Waals surface area contributed by atoms with E-state index >= 15 is 0 Å². The third kappa shape index (κ3) is 2.62. The summed E-state index contributed by atoms with van der Waals surface area (Å²) in [5.41, 5.74) is 1.54. The fourth-order valence-corrected chi connectivity index (χ4v) is 1.48. The summed E-state index contributed by atoms with van der Waals surface area (Å²) in [5, 5.41) is 17.3. The average molecular weight is 233 g/mol. The predicted octanol–water partition coefficient (Wildman–Crippen LogP) is 1.53. The van der Waals surface area contributed by atoms with Gasteiger partial charge < -0.3 is 9.94 Å². The molecule has 1 N–H and O–H groups in total. The number of benzene rings is 1. The van der Waals surface area contributed by atoms with Gasteiger partial charge in [0.05, 0.1) is 6.10 Å². The van der Waals surface area contributed by atoms with E-state index in [0.29, 0.717) is 18.6 Å². The van der Waals surface area contributed by atoms with E-state index in [4.69, 9.17) is 4.84 Å². The quantitative estimate of drug-likeness (QED) is 0.796. The van der Waals surface area contributed by atoms with Crippen LogP contribution in [0.2, 0.25) is 0 Å². The molecule has 0 saturated heterocycles. The van der Waals surface area contributed by atoms with Crippen molar-refractivity contribution in [1.82, 2.24) is 15.2 Å². The standard InChI is InChI=1S/C12H15N3O2/c1-3-10(16)8-9(2)17-15-12-7-5-4-6-11(12)13-14-15/h4-7,10,16H,2-3,8H2,1H3. The van der Waals surface area contributed by atoms with Crippen LogP contribution in [0.3, 0.4) is 0 Å². The Balaban J connectivity index is 2.11. The smallest absolute Gasteiger partial charge is 0.131 e. The molecule has 2 aromatic rings. The molecule has 1 atom stereocenters. The molecule has 5 nitrogen and oxygen atoms in total. The van der Waals surface area contributed by atoms with Gasteiger partial charge in [-0.05, 0) is 23.8 Å². The minimum absolute atomic E-state index is 0.394. The van der Waals surface area contributed by atoms with Crippen LogP contribution in [0, 0.1) is 0 Å². The largest absolute Gasteiger partial charge is 0.393 e. The van der Waals surface area contributed by atoms with Crippen LogP contribution in [-0.4, -0.2) is 26.4 Å². The molecular weight excluding hydrogens is 218 g/mol. The van der Waals surface area contributed by atoms with E-state index in [1.165, 1.54) is 4.85 Å².